The molecule has 0 aliphatic carbocycles. The number of hydrogen-bond donors (Lipinski definition) is 2. The van der Waals surface area contributed by atoms with E-state index < -0.39 is 34.0 Å². The van der Waals surface area contributed by atoms with E-state index in [9.17, 15) is 22.8 Å². The first-order valence-corrected chi connectivity index (χ1v) is 12.2. The predicted molar refractivity (Wildman–Crippen MR) is 116 cm³/mol. The van der Waals surface area contributed by atoms with Crippen LogP contribution in [0.1, 0.15) is 24.2 Å². The number of amidine groups is 1. The molecular formula is C19H20N4O7S2. The lowest BCUT2D eigenvalue weighted by atomic mass is 10.0. The lowest BCUT2D eigenvalue weighted by Crippen LogP contribution is -2.50. The Morgan fingerprint density at radius 1 is 1.28 bits per heavy atom. The summed E-state index contributed by atoms with van der Waals surface area (Å²) in [5.74, 6) is -1.35. The van der Waals surface area contributed by atoms with Gasteiger partial charge in [-0.1, -0.05) is 0 Å². The average Bonchev–Trinajstić information content (AvgIpc) is 3.06. The maximum Gasteiger partial charge on any atom is 0.338 e. The summed E-state index contributed by atoms with van der Waals surface area (Å²) in [5.41, 5.74) is 1.35. The summed E-state index contributed by atoms with van der Waals surface area (Å²) in [6, 6.07) is 3.75. The molecule has 0 radical (unpaired) electrons. The van der Waals surface area contributed by atoms with Crippen LogP contribution in [-0.2, 0) is 24.3 Å². The molecule has 3 aliphatic rings. The summed E-state index contributed by atoms with van der Waals surface area (Å²) in [7, 11) is -3.48. The molecule has 1 aromatic carbocycles. The van der Waals surface area contributed by atoms with Crippen molar-refractivity contribution in [2.24, 2.45) is 4.40 Å². The van der Waals surface area contributed by atoms with Crippen LogP contribution in [0.3, 0.4) is 0 Å². The van der Waals surface area contributed by atoms with Crippen molar-refractivity contribution < 1.29 is 32.3 Å². The number of nitrogens with one attached hydrogen (secondary N) is 2. The Balaban J connectivity index is 1.51. The zero-order valence-corrected chi connectivity index (χ0v) is 18.8. The maximum atomic E-state index is 12.6. The number of rotatable bonds is 5. The first-order chi connectivity index (χ1) is 15.2. The Morgan fingerprint density at radius 3 is 2.81 bits per heavy atom. The van der Waals surface area contributed by atoms with Crippen molar-refractivity contribution in [2.45, 2.75) is 24.8 Å². The third-order valence-corrected chi connectivity index (χ3v) is 7.23. The fourth-order valence-electron chi connectivity index (χ4n) is 3.47. The van der Waals surface area contributed by atoms with Crippen molar-refractivity contribution in [2.75, 3.05) is 30.4 Å². The number of esters is 2. The summed E-state index contributed by atoms with van der Waals surface area (Å²) in [6.45, 7) is 3.42. The topological polar surface area (TPSA) is 143 Å². The van der Waals surface area contributed by atoms with Crippen LogP contribution in [0.25, 0.3) is 0 Å². The van der Waals surface area contributed by atoms with Gasteiger partial charge >= 0.3 is 18.0 Å². The van der Waals surface area contributed by atoms with Crippen molar-refractivity contribution in [3.05, 3.63) is 35.0 Å². The van der Waals surface area contributed by atoms with E-state index in [1.807, 2.05) is 0 Å². The fraction of sp³-hybridized carbons (Fsp3) is 0.368. The largest absolute Gasteiger partial charge is 0.463 e. The predicted octanol–water partition coefficient (Wildman–Crippen LogP) is 0.973. The highest BCUT2D eigenvalue weighted by Crippen LogP contribution is 2.42. The van der Waals surface area contributed by atoms with Gasteiger partial charge in [0.2, 0.25) is 0 Å². The highest BCUT2D eigenvalue weighted by molar-refractivity contribution is 8.15. The van der Waals surface area contributed by atoms with E-state index in [1.165, 1.54) is 0 Å². The molecule has 1 unspecified atom stereocenters. The number of anilines is 1. The molecule has 0 bridgehead atoms. The van der Waals surface area contributed by atoms with Gasteiger partial charge in [0.25, 0.3) is 10.0 Å². The molecule has 11 nitrogen and oxygen atoms in total. The van der Waals surface area contributed by atoms with Gasteiger partial charge in [0.05, 0.1) is 40.9 Å². The number of urea groups is 1. The lowest BCUT2D eigenvalue weighted by Gasteiger charge is -2.26. The van der Waals surface area contributed by atoms with E-state index in [-0.39, 0.29) is 35.8 Å². The number of ether oxygens (including phenoxy) is 2. The summed E-state index contributed by atoms with van der Waals surface area (Å²) >= 11 is 1.16. The van der Waals surface area contributed by atoms with Crippen LogP contribution in [0, 0.1) is 0 Å². The van der Waals surface area contributed by atoms with Crippen molar-refractivity contribution in [1.82, 2.24) is 10.6 Å². The fourth-order valence-corrected chi connectivity index (χ4v) is 5.77. The van der Waals surface area contributed by atoms with Crippen molar-refractivity contribution >= 4 is 50.6 Å². The number of benzene rings is 1. The molecule has 1 atom stereocenters. The molecule has 1 aromatic rings. The Bertz CT molecular complexity index is 1180. The summed E-state index contributed by atoms with van der Waals surface area (Å²) in [4.78, 5) is 39.2. The molecular weight excluding hydrogens is 460 g/mol. The van der Waals surface area contributed by atoms with Crippen LogP contribution >= 0.6 is 11.8 Å². The van der Waals surface area contributed by atoms with Gasteiger partial charge in [0.1, 0.15) is 6.61 Å². The molecule has 2 amide bonds. The van der Waals surface area contributed by atoms with E-state index in [4.69, 9.17) is 9.47 Å². The number of hydrogen-bond acceptors (Lipinski definition) is 9. The molecule has 2 N–H and O–H groups in total. The monoisotopic (exact) mass is 480 g/mol. The molecule has 4 rings (SSSR count). The lowest BCUT2D eigenvalue weighted by molar-refractivity contribution is -0.139. The number of carbonyl (C=O) groups is 3. The average molecular weight is 481 g/mol. The first kappa shape index (κ1) is 22.1. The van der Waals surface area contributed by atoms with Crippen molar-refractivity contribution in [1.29, 1.82) is 0 Å². The Morgan fingerprint density at radius 2 is 2.06 bits per heavy atom. The smallest absolute Gasteiger partial charge is 0.338 e. The van der Waals surface area contributed by atoms with Gasteiger partial charge in [0.15, 0.2) is 5.17 Å². The number of sulfonamides is 1. The standard InChI is InChI=1S/C19H20N4O7S2/c1-3-29-17(25)15-10(2)20-18(26)21-12(15)9-30-16(24)11-4-5-13-14(8-11)31-19-22-32(27,28)7-6-23(13)19/h4-5,8,10H,3,6-7,9H2,1-2H3,(H2,20,21,26). The van der Waals surface area contributed by atoms with E-state index >= 15 is 0 Å². The molecule has 0 saturated heterocycles. The zero-order valence-electron chi connectivity index (χ0n) is 17.2. The molecule has 0 saturated carbocycles. The highest BCUT2D eigenvalue weighted by Gasteiger charge is 2.34. The molecule has 3 aliphatic heterocycles. The minimum atomic E-state index is -3.48. The molecule has 0 fully saturated rings. The van der Waals surface area contributed by atoms with Gasteiger partial charge in [-0.15, -0.1) is 4.40 Å². The number of nitrogens with zero attached hydrogens (tertiary/aromatic N) is 2. The van der Waals surface area contributed by atoms with Crippen LogP contribution in [0.2, 0.25) is 0 Å². The van der Waals surface area contributed by atoms with Crippen molar-refractivity contribution in [3.8, 4) is 0 Å². The number of amides is 2. The Kier molecular flexibility index (Phi) is 5.86. The second-order valence-electron chi connectivity index (χ2n) is 7.11. The van der Waals surface area contributed by atoms with Crippen LogP contribution in [0.15, 0.2) is 38.8 Å². The van der Waals surface area contributed by atoms with Gasteiger partial charge < -0.3 is 25.0 Å². The molecule has 32 heavy (non-hydrogen) atoms. The van der Waals surface area contributed by atoms with Crippen LogP contribution in [0.4, 0.5) is 10.5 Å². The van der Waals surface area contributed by atoms with Crippen LogP contribution in [0.5, 0.6) is 0 Å². The second kappa shape index (κ2) is 8.47. The summed E-state index contributed by atoms with van der Waals surface area (Å²) in [5, 5.41) is 5.41. The highest BCUT2D eigenvalue weighted by atomic mass is 32.2. The van der Waals surface area contributed by atoms with E-state index in [2.05, 4.69) is 15.0 Å². The first-order valence-electron chi connectivity index (χ1n) is 9.75. The van der Waals surface area contributed by atoms with Crippen LogP contribution in [-0.4, -0.2) is 63.1 Å². The molecule has 170 valence electrons. The molecule has 3 heterocycles. The third-order valence-electron chi connectivity index (χ3n) is 4.92. The Hall–Kier alpha value is -3.06. The Labute approximate surface area is 188 Å². The summed E-state index contributed by atoms with van der Waals surface area (Å²) < 4.78 is 37.6. The molecule has 0 spiro atoms. The number of fused-ring (bicyclic) bond motifs is 3. The minimum Gasteiger partial charge on any atom is -0.463 e. The van der Waals surface area contributed by atoms with Gasteiger partial charge in [-0.05, 0) is 43.8 Å². The molecule has 13 heteroatoms. The second-order valence-corrected chi connectivity index (χ2v) is 9.87. The van der Waals surface area contributed by atoms with Gasteiger partial charge in [-0.2, -0.15) is 0 Å². The van der Waals surface area contributed by atoms with Gasteiger partial charge in [-0.25, -0.2) is 22.8 Å². The maximum absolute atomic E-state index is 12.6. The minimum absolute atomic E-state index is 0.0722. The zero-order chi connectivity index (χ0) is 23.0. The van der Waals surface area contributed by atoms with Crippen LogP contribution < -0.4 is 15.5 Å². The van der Waals surface area contributed by atoms with E-state index in [0.29, 0.717) is 16.6 Å². The van der Waals surface area contributed by atoms with E-state index in [1.54, 1.807) is 36.9 Å². The normalized spacial score (nSPS) is 21.1. The van der Waals surface area contributed by atoms with E-state index in [0.717, 1.165) is 17.4 Å². The third kappa shape index (κ3) is 4.30. The van der Waals surface area contributed by atoms with Crippen molar-refractivity contribution in [3.63, 3.8) is 0 Å². The number of carbonyl (C=O) groups excluding carboxylic acids is 3. The quantitative estimate of drug-likeness (QED) is 0.589. The van der Waals surface area contributed by atoms with Gasteiger partial charge in [-0.3, -0.25) is 0 Å². The summed E-state index contributed by atoms with van der Waals surface area (Å²) in [6.07, 6.45) is 0. The SMILES string of the molecule is CCOC(=O)C1=C(COC(=O)c2ccc3c(c2)SC2=NS(=O)(=O)CCN23)NC(=O)NC1C. The van der Waals surface area contributed by atoms with Gasteiger partial charge in [0, 0.05) is 11.4 Å². The number of thioether (sulfide) groups is 1. The molecule has 0 aromatic heterocycles.